The third-order valence-corrected chi connectivity index (χ3v) is 5.97. The van der Waals surface area contributed by atoms with Gasteiger partial charge in [0.25, 0.3) is 0 Å². The minimum absolute atomic E-state index is 0.593. The van der Waals surface area contributed by atoms with Crippen molar-refractivity contribution >= 4 is 31.5 Å². The first-order chi connectivity index (χ1) is 11.9. The topological polar surface area (TPSA) is 26.0 Å². The highest BCUT2D eigenvalue weighted by Gasteiger charge is 2.09. The number of hydrogen-bond acceptors (Lipinski definition) is 2. The molecule has 0 aliphatic carbocycles. The van der Waals surface area contributed by atoms with Gasteiger partial charge in [0, 0.05) is 20.2 Å². The number of nitrogens with two attached hydrogens (primary N) is 1. The number of benzene rings is 2. The molecule has 2 N–H and O–H groups in total. The molecule has 0 spiro atoms. The predicted octanol–water partition coefficient (Wildman–Crippen LogP) is 7.22. The SMILES string of the molecule is C/C=C(C)\C=C/N.Cc1ccc2c(sc3ccc(C(C)C)cc32)c1C. The lowest BCUT2D eigenvalue weighted by Crippen LogP contribution is -1.85. The summed E-state index contributed by atoms with van der Waals surface area (Å²) in [7, 11) is 0. The Morgan fingerprint density at radius 3 is 2.36 bits per heavy atom. The molecule has 0 aliphatic rings. The lowest BCUT2D eigenvalue weighted by atomic mass is 10.00. The van der Waals surface area contributed by atoms with Crippen LogP contribution in [-0.4, -0.2) is 0 Å². The van der Waals surface area contributed by atoms with Crippen molar-refractivity contribution in [2.24, 2.45) is 5.73 Å². The van der Waals surface area contributed by atoms with E-state index in [1.54, 1.807) is 0 Å². The monoisotopic (exact) mass is 351 g/mol. The van der Waals surface area contributed by atoms with Crippen LogP contribution in [0.25, 0.3) is 20.2 Å². The van der Waals surface area contributed by atoms with Gasteiger partial charge in [-0.15, -0.1) is 11.3 Å². The van der Waals surface area contributed by atoms with Crippen molar-refractivity contribution in [1.82, 2.24) is 0 Å². The van der Waals surface area contributed by atoms with Crippen molar-refractivity contribution in [3.63, 3.8) is 0 Å². The highest BCUT2D eigenvalue weighted by Crippen LogP contribution is 2.37. The first-order valence-corrected chi connectivity index (χ1v) is 9.64. The van der Waals surface area contributed by atoms with Gasteiger partial charge in [-0.3, -0.25) is 0 Å². The van der Waals surface area contributed by atoms with Crippen molar-refractivity contribution < 1.29 is 0 Å². The van der Waals surface area contributed by atoms with Crippen molar-refractivity contribution in [3.05, 3.63) is 70.9 Å². The zero-order valence-corrected chi connectivity index (χ0v) is 17.0. The molecule has 0 amide bonds. The summed E-state index contributed by atoms with van der Waals surface area (Å²) < 4.78 is 2.86. The van der Waals surface area contributed by atoms with Crippen LogP contribution < -0.4 is 5.73 Å². The van der Waals surface area contributed by atoms with Crippen molar-refractivity contribution in [2.45, 2.75) is 47.5 Å². The van der Waals surface area contributed by atoms with E-state index in [0.29, 0.717) is 5.92 Å². The van der Waals surface area contributed by atoms with Gasteiger partial charge in [-0.05, 0) is 74.7 Å². The fourth-order valence-corrected chi connectivity index (χ4v) is 3.93. The van der Waals surface area contributed by atoms with E-state index in [4.69, 9.17) is 5.73 Å². The van der Waals surface area contributed by atoms with Gasteiger partial charge in [0.1, 0.15) is 0 Å². The molecular formula is C23H29NS. The molecule has 1 nitrogen and oxygen atoms in total. The summed E-state index contributed by atoms with van der Waals surface area (Å²) in [5.41, 5.74) is 10.5. The molecular weight excluding hydrogens is 322 g/mol. The lowest BCUT2D eigenvalue weighted by Gasteiger charge is -2.05. The maximum atomic E-state index is 5.08. The molecule has 0 saturated carbocycles. The number of aryl methyl sites for hydroxylation is 2. The fraction of sp³-hybridized carbons (Fsp3) is 0.304. The number of rotatable bonds is 2. The van der Waals surface area contributed by atoms with E-state index in [-0.39, 0.29) is 0 Å². The van der Waals surface area contributed by atoms with Crippen LogP contribution in [0.5, 0.6) is 0 Å². The van der Waals surface area contributed by atoms with Gasteiger partial charge in [0.2, 0.25) is 0 Å². The van der Waals surface area contributed by atoms with Crippen molar-refractivity contribution in [2.75, 3.05) is 0 Å². The Kier molecular flexibility index (Phi) is 6.44. The zero-order chi connectivity index (χ0) is 18.6. The molecule has 0 radical (unpaired) electrons. The number of hydrogen-bond donors (Lipinski definition) is 1. The maximum absolute atomic E-state index is 5.08. The molecule has 0 unspecified atom stereocenters. The summed E-state index contributed by atoms with van der Waals surface area (Å²) in [6, 6.07) is 11.4. The molecule has 0 fully saturated rings. The normalized spacial score (nSPS) is 12.2. The summed E-state index contributed by atoms with van der Waals surface area (Å²) >= 11 is 1.92. The van der Waals surface area contributed by atoms with Gasteiger partial charge in [-0.1, -0.05) is 43.7 Å². The maximum Gasteiger partial charge on any atom is 0.0387 e. The first kappa shape index (κ1) is 19.3. The third-order valence-electron chi connectivity index (χ3n) is 4.66. The van der Waals surface area contributed by atoms with Gasteiger partial charge >= 0.3 is 0 Å². The average molecular weight is 352 g/mol. The highest BCUT2D eigenvalue weighted by atomic mass is 32.1. The second kappa shape index (κ2) is 8.35. The second-order valence-corrected chi connectivity index (χ2v) is 7.84. The highest BCUT2D eigenvalue weighted by molar-refractivity contribution is 7.26. The Morgan fingerprint density at radius 2 is 1.80 bits per heavy atom. The van der Waals surface area contributed by atoms with Crippen LogP contribution in [0, 0.1) is 13.8 Å². The summed E-state index contributed by atoms with van der Waals surface area (Å²) in [4.78, 5) is 0. The van der Waals surface area contributed by atoms with Gasteiger partial charge in [-0.25, -0.2) is 0 Å². The van der Waals surface area contributed by atoms with E-state index < -0.39 is 0 Å². The van der Waals surface area contributed by atoms with Crippen molar-refractivity contribution in [1.29, 1.82) is 0 Å². The summed E-state index contributed by atoms with van der Waals surface area (Å²) in [6.45, 7) is 12.9. The molecule has 1 heterocycles. The Morgan fingerprint density at radius 1 is 1.08 bits per heavy atom. The Labute approximate surface area is 155 Å². The van der Waals surface area contributed by atoms with Gasteiger partial charge in [0.15, 0.2) is 0 Å². The van der Waals surface area contributed by atoms with E-state index >= 15 is 0 Å². The van der Waals surface area contributed by atoms with Crippen LogP contribution in [0.1, 0.15) is 50.3 Å². The lowest BCUT2D eigenvalue weighted by molar-refractivity contribution is 0.869. The molecule has 0 aliphatic heterocycles. The van der Waals surface area contributed by atoms with Gasteiger partial charge in [-0.2, -0.15) is 0 Å². The fourth-order valence-electron chi connectivity index (χ4n) is 2.70. The minimum Gasteiger partial charge on any atom is -0.405 e. The Hall–Kier alpha value is -2.06. The third kappa shape index (κ3) is 4.32. The molecule has 3 rings (SSSR count). The quantitative estimate of drug-likeness (QED) is 0.485. The summed E-state index contributed by atoms with van der Waals surface area (Å²) in [5, 5.41) is 2.84. The summed E-state index contributed by atoms with van der Waals surface area (Å²) in [5.74, 6) is 0.593. The zero-order valence-electron chi connectivity index (χ0n) is 16.2. The van der Waals surface area contributed by atoms with Crippen LogP contribution in [0.4, 0.5) is 0 Å². The predicted molar refractivity (Wildman–Crippen MR) is 116 cm³/mol. The molecule has 25 heavy (non-hydrogen) atoms. The molecule has 2 heteroatoms. The second-order valence-electron chi connectivity index (χ2n) is 6.79. The molecule has 0 saturated heterocycles. The van der Waals surface area contributed by atoms with Gasteiger partial charge < -0.3 is 5.73 Å². The molecule has 2 aromatic carbocycles. The van der Waals surface area contributed by atoms with Gasteiger partial charge in [0.05, 0.1) is 0 Å². The van der Waals surface area contributed by atoms with Crippen LogP contribution >= 0.6 is 11.3 Å². The van der Waals surface area contributed by atoms with E-state index in [0.717, 1.165) is 0 Å². The van der Waals surface area contributed by atoms with E-state index in [1.807, 2.05) is 37.3 Å². The van der Waals surface area contributed by atoms with E-state index in [2.05, 4.69) is 58.0 Å². The van der Waals surface area contributed by atoms with Crippen LogP contribution in [0.2, 0.25) is 0 Å². The van der Waals surface area contributed by atoms with Crippen LogP contribution in [0.3, 0.4) is 0 Å². The first-order valence-electron chi connectivity index (χ1n) is 8.82. The number of fused-ring (bicyclic) bond motifs is 3. The molecule has 3 aromatic rings. The number of thiophene rings is 1. The smallest absolute Gasteiger partial charge is 0.0387 e. The standard InChI is InChI=1S/C17H18S.C6H11N/c1-10(2)13-6-8-16-15(9-13)14-7-5-11(3)12(4)17(14)18-16;1-3-6(2)4-5-7/h5-10H,1-4H3;3-5H,7H2,1-2H3/b;5-4-,6-3-. The molecule has 1 aromatic heterocycles. The Balaban J connectivity index is 0.000000277. The van der Waals surface area contributed by atoms with E-state index in [9.17, 15) is 0 Å². The Bertz CT molecular complexity index is 926. The van der Waals surface area contributed by atoms with Crippen molar-refractivity contribution in [3.8, 4) is 0 Å². The van der Waals surface area contributed by atoms with Crippen LogP contribution in [-0.2, 0) is 0 Å². The molecule has 132 valence electrons. The molecule has 0 atom stereocenters. The average Bonchev–Trinajstić information content (AvgIpc) is 2.97. The number of allylic oxidation sites excluding steroid dienone is 3. The van der Waals surface area contributed by atoms with Crippen LogP contribution in [0.15, 0.2) is 54.3 Å². The largest absolute Gasteiger partial charge is 0.405 e. The van der Waals surface area contributed by atoms with E-state index in [1.165, 1.54) is 48.6 Å². The molecule has 0 bridgehead atoms. The minimum atomic E-state index is 0.593. The summed E-state index contributed by atoms with van der Waals surface area (Å²) in [6.07, 6.45) is 5.40.